The molecule has 4 rings (SSSR count). The van der Waals surface area contributed by atoms with Gasteiger partial charge in [0, 0.05) is 16.6 Å². The second kappa shape index (κ2) is 6.86. The van der Waals surface area contributed by atoms with Gasteiger partial charge < -0.3 is 10.1 Å². The molecule has 1 aromatic carbocycles. The SMILES string of the molecule is COc1ccccc1-c1cc2c(NCc3ccccn3)ncnc2s1. The minimum atomic E-state index is 0.618. The summed E-state index contributed by atoms with van der Waals surface area (Å²) in [5.74, 6) is 1.66. The maximum atomic E-state index is 5.48. The first-order valence-corrected chi connectivity index (χ1v) is 8.68. The van der Waals surface area contributed by atoms with Crippen LogP contribution in [0, 0.1) is 0 Å². The average molecular weight is 348 g/mol. The van der Waals surface area contributed by atoms with Crippen molar-refractivity contribution in [2.45, 2.75) is 6.54 Å². The Morgan fingerprint density at radius 2 is 1.92 bits per heavy atom. The van der Waals surface area contributed by atoms with Gasteiger partial charge in [0.25, 0.3) is 0 Å². The van der Waals surface area contributed by atoms with Crippen LogP contribution >= 0.6 is 11.3 Å². The fourth-order valence-corrected chi connectivity index (χ4v) is 3.68. The number of para-hydroxylation sites is 1. The summed E-state index contributed by atoms with van der Waals surface area (Å²) in [5, 5.41) is 4.36. The van der Waals surface area contributed by atoms with Gasteiger partial charge in [-0.05, 0) is 30.3 Å². The first-order valence-electron chi connectivity index (χ1n) is 7.87. The minimum absolute atomic E-state index is 0.618. The summed E-state index contributed by atoms with van der Waals surface area (Å²) in [4.78, 5) is 15.2. The van der Waals surface area contributed by atoms with Gasteiger partial charge >= 0.3 is 0 Å². The number of nitrogens with one attached hydrogen (secondary N) is 1. The standard InChI is InChI=1S/C19H16N4OS/c1-24-16-8-3-2-7-14(16)17-10-15-18(22-12-23-19(15)25-17)21-11-13-6-4-5-9-20-13/h2-10,12H,11H2,1H3,(H,21,22,23). The monoisotopic (exact) mass is 348 g/mol. The molecule has 0 bridgehead atoms. The summed E-state index contributed by atoms with van der Waals surface area (Å²) in [6.45, 7) is 0.618. The first-order chi connectivity index (χ1) is 12.3. The number of thiophene rings is 1. The lowest BCUT2D eigenvalue weighted by molar-refractivity contribution is 0.416. The maximum absolute atomic E-state index is 5.48. The number of pyridine rings is 1. The number of nitrogens with zero attached hydrogens (tertiary/aromatic N) is 3. The lowest BCUT2D eigenvalue weighted by atomic mass is 10.1. The second-order valence-electron chi connectivity index (χ2n) is 5.43. The molecule has 0 saturated heterocycles. The van der Waals surface area contributed by atoms with Crippen LogP contribution in [0.25, 0.3) is 20.7 Å². The van der Waals surface area contributed by atoms with Crippen molar-refractivity contribution in [3.8, 4) is 16.2 Å². The highest BCUT2D eigenvalue weighted by Crippen LogP contribution is 2.38. The molecule has 0 unspecified atom stereocenters. The molecule has 25 heavy (non-hydrogen) atoms. The number of rotatable bonds is 5. The van der Waals surface area contributed by atoms with Gasteiger partial charge in [0.05, 0.1) is 24.7 Å². The Kier molecular flexibility index (Phi) is 4.26. The zero-order valence-electron chi connectivity index (χ0n) is 13.6. The van der Waals surface area contributed by atoms with E-state index in [9.17, 15) is 0 Å². The van der Waals surface area contributed by atoms with E-state index in [4.69, 9.17) is 4.74 Å². The van der Waals surface area contributed by atoms with Gasteiger partial charge in [0.15, 0.2) is 0 Å². The lowest BCUT2D eigenvalue weighted by Crippen LogP contribution is -2.03. The van der Waals surface area contributed by atoms with Crippen LogP contribution in [0.3, 0.4) is 0 Å². The van der Waals surface area contributed by atoms with Crippen molar-refractivity contribution in [3.05, 3.63) is 66.7 Å². The molecule has 0 atom stereocenters. The molecule has 5 nitrogen and oxygen atoms in total. The normalized spacial score (nSPS) is 10.8. The molecule has 3 aromatic heterocycles. The van der Waals surface area contributed by atoms with Crippen molar-refractivity contribution in [1.29, 1.82) is 0 Å². The fourth-order valence-electron chi connectivity index (χ4n) is 2.65. The van der Waals surface area contributed by atoms with Crippen molar-refractivity contribution in [1.82, 2.24) is 15.0 Å². The molecule has 0 amide bonds. The summed E-state index contributed by atoms with van der Waals surface area (Å²) in [6.07, 6.45) is 3.38. The summed E-state index contributed by atoms with van der Waals surface area (Å²) in [5.41, 5.74) is 2.03. The molecule has 0 spiro atoms. The number of aromatic nitrogens is 3. The molecule has 3 heterocycles. The van der Waals surface area contributed by atoms with E-state index in [2.05, 4.69) is 32.4 Å². The van der Waals surface area contributed by atoms with Crippen molar-refractivity contribution in [2.75, 3.05) is 12.4 Å². The molecular formula is C19H16N4OS. The second-order valence-corrected chi connectivity index (χ2v) is 6.46. The van der Waals surface area contributed by atoms with Crippen LogP contribution in [-0.2, 0) is 6.54 Å². The van der Waals surface area contributed by atoms with Crippen LogP contribution in [0.1, 0.15) is 5.69 Å². The Morgan fingerprint density at radius 1 is 1.04 bits per heavy atom. The fraction of sp³-hybridized carbons (Fsp3) is 0.105. The molecule has 124 valence electrons. The highest BCUT2D eigenvalue weighted by Gasteiger charge is 2.13. The van der Waals surface area contributed by atoms with Gasteiger partial charge in [0.2, 0.25) is 0 Å². The number of fused-ring (bicyclic) bond motifs is 1. The van der Waals surface area contributed by atoms with Gasteiger partial charge in [-0.15, -0.1) is 11.3 Å². The van der Waals surface area contributed by atoms with E-state index in [-0.39, 0.29) is 0 Å². The van der Waals surface area contributed by atoms with E-state index in [0.29, 0.717) is 6.54 Å². The lowest BCUT2D eigenvalue weighted by Gasteiger charge is -2.06. The van der Waals surface area contributed by atoms with Gasteiger partial charge in [-0.25, -0.2) is 9.97 Å². The Hall–Kier alpha value is -2.99. The van der Waals surface area contributed by atoms with Gasteiger partial charge in [-0.2, -0.15) is 0 Å². The summed E-state index contributed by atoms with van der Waals surface area (Å²) in [6, 6.07) is 16.0. The third-order valence-electron chi connectivity index (χ3n) is 3.86. The number of ether oxygens (including phenoxy) is 1. The van der Waals surface area contributed by atoms with E-state index >= 15 is 0 Å². The van der Waals surface area contributed by atoms with Crippen LogP contribution in [0.5, 0.6) is 5.75 Å². The zero-order chi connectivity index (χ0) is 17.1. The van der Waals surface area contributed by atoms with E-state index in [1.54, 1.807) is 31.0 Å². The summed E-state index contributed by atoms with van der Waals surface area (Å²) < 4.78 is 5.48. The van der Waals surface area contributed by atoms with Crippen molar-refractivity contribution in [3.63, 3.8) is 0 Å². The molecule has 0 aliphatic rings. The van der Waals surface area contributed by atoms with E-state index in [1.807, 2.05) is 36.4 Å². The Labute approximate surface area is 149 Å². The maximum Gasteiger partial charge on any atom is 0.138 e. The molecule has 0 saturated carbocycles. The topological polar surface area (TPSA) is 59.9 Å². The van der Waals surface area contributed by atoms with Crippen LogP contribution in [0.2, 0.25) is 0 Å². The molecule has 0 fully saturated rings. The average Bonchev–Trinajstić information content (AvgIpc) is 3.12. The van der Waals surface area contributed by atoms with Gasteiger partial charge in [-0.3, -0.25) is 4.98 Å². The minimum Gasteiger partial charge on any atom is -0.496 e. The van der Waals surface area contributed by atoms with E-state index < -0.39 is 0 Å². The third-order valence-corrected chi connectivity index (χ3v) is 4.94. The molecule has 6 heteroatoms. The molecule has 1 N–H and O–H groups in total. The highest BCUT2D eigenvalue weighted by atomic mass is 32.1. The largest absolute Gasteiger partial charge is 0.496 e. The predicted molar refractivity (Wildman–Crippen MR) is 101 cm³/mol. The van der Waals surface area contributed by atoms with Crippen molar-refractivity contribution in [2.24, 2.45) is 0 Å². The number of hydrogen-bond acceptors (Lipinski definition) is 6. The summed E-state index contributed by atoms with van der Waals surface area (Å²) in [7, 11) is 1.69. The Balaban J connectivity index is 1.69. The van der Waals surface area contributed by atoms with E-state index in [1.165, 1.54) is 0 Å². The number of hydrogen-bond donors (Lipinski definition) is 1. The number of methoxy groups -OCH3 is 1. The van der Waals surface area contributed by atoms with Crippen LogP contribution in [-0.4, -0.2) is 22.1 Å². The predicted octanol–water partition coefficient (Wildman–Crippen LogP) is 4.37. The Bertz CT molecular complexity index is 1000. The molecule has 4 aromatic rings. The molecule has 0 radical (unpaired) electrons. The third kappa shape index (κ3) is 3.16. The summed E-state index contributed by atoms with van der Waals surface area (Å²) >= 11 is 1.63. The molecule has 0 aliphatic carbocycles. The van der Waals surface area contributed by atoms with Crippen LogP contribution in [0.4, 0.5) is 5.82 Å². The number of benzene rings is 1. The van der Waals surface area contributed by atoms with Crippen molar-refractivity contribution >= 4 is 27.4 Å². The first kappa shape index (κ1) is 15.5. The molecule has 0 aliphatic heterocycles. The zero-order valence-corrected chi connectivity index (χ0v) is 14.5. The molecular weight excluding hydrogens is 332 g/mol. The van der Waals surface area contributed by atoms with E-state index in [0.717, 1.165) is 37.9 Å². The van der Waals surface area contributed by atoms with Crippen LogP contribution in [0.15, 0.2) is 61.1 Å². The number of anilines is 1. The van der Waals surface area contributed by atoms with Gasteiger partial charge in [0.1, 0.15) is 22.7 Å². The Morgan fingerprint density at radius 3 is 2.76 bits per heavy atom. The van der Waals surface area contributed by atoms with Gasteiger partial charge in [-0.1, -0.05) is 18.2 Å². The van der Waals surface area contributed by atoms with Crippen LogP contribution < -0.4 is 10.1 Å². The smallest absolute Gasteiger partial charge is 0.138 e. The van der Waals surface area contributed by atoms with Crippen molar-refractivity contribution < 1.29 is 4.74 Å². The highest BCUT2D eigenvalue weighted by molar-refractivity contribution is 7.22. The quantitative estimate of drug-likeness (QED) is 0.580.